The summed E-state index contributed by atoms with van der Waals surface area (Å²) in [6.07, 6.45) is 0.975. The molecule has 0 aliphatic heterocycles. The van der Waals surface area contributed by atoms with Gasteiger partial charge in [-0.05, 0) is 37.3 Å². The van der Waals surface area contributed by atoms with E-state index in [-0.39, 0.29) is 6.61 Å². The van der Waals surface area contributed by atoms with Gasteiger partial charge in [0.15, 0.2) is 0 Å². The fourth-order valence-electron chi connectivity index (χ4n) is 1.51. The molecule has 0 bridgehead atoms. The summed E-state index contributed by atoms with van der Waals surface area (Å²) in [5.74, 6) is 0.362. The summed E-state index contributed by atoms with van der Waals surface area (Å²) in [4.78, 5) is 0. The normalized spacial score (nSPS) is 12.9. The van der Waals surface area contributed by atoms with E-state index in [1.807, 2.05) is 0 Å². The Bertz CT molecular complexity index is 278. The first-order valence-corrected chi connectivity index (χ1v) is 4.80. The molecule has 0 aromatic heterocycles. The number of hydrogen-bond donors (Lipinski definition) is 1. The molecule has 0 amide bonds. The lowest BCUT2D eigenvalue weighted by Gasteiger charge is -2.10. The van der Waals surface area contributed by atoms with E-state index in [1.165, 1.54) is 16.7 Å². The smallest absolute Gasteiger partial charge is 0.0459 e. The van der Waals surface area contributed by atoms with E-state index in [0.717, 1.165) is 6.42 Å². The largest absolute Gasteiger partial charge is 0.396 e. The van der Waals surface area contributed by atoms with Gasteiger partial charge in [0, 0.05) is 6.61 Å². The molecule has 0 aliphatic rings. The van der Waals surface area contributed by atoms with Crippen LogP contribution < -0.4 is 0 Å². The first kappa shape index (κ1) is 10.3. The summed E-state index contributed by atoms with van der Waals surface area (Å²) < 4.78 is 0. The first-order valence-electron chi connectivity index (χ1n) is 4.80. The topological polar surface area (TPSA) is 20.2 Å². The highest BCUT2D eigenvalue weighted by Crippen LogP contribution is 2.14. The number of benzene rings is 1. The fourth-order valence-corrected chi connectivity index (χ4v) is 1.51. The third kappa shape index (κ3) is 2.85. The lowest BCUT2D eigenvalue weighted by Crippen LogP contribution is -2.05. The predicted octanol–water partition coefficient (Wildman–Crippen LogP) is 2.47. The minimum absolute atomic E-state index is 0.271. The lowest BCUT2D eigenvalue weighted by molar-refractivity contribution is 0.237. The second kappa shape index (κ2) is 4.43. The molecule has 13 heavy (non-hydrogen) atoms. The molecule has 0 spiro atoms. The van der Waals surface area contributed by atoms with Gasteiger partial charge in [0.25, 0.3) is 0 Å². The Morgan fingerprint density at radius 3 is 2.54 bits per heavy atom. The van der Waals surface area contributed by atoms with Crippen LogP contribution in [0.3, 0.4) is 0 Å². The molecule has 1 N–H and O–H groups in total. The van der Waals surface area contributed by atoms with Gasteiger partial charge < -0.3 is 5.11 Å². The molecule has 72 valence electrons. The monoisotopic (exact) mass is 178 g/mol. The van der Waals surface area contributed by atoms with E-state index >= 15 is 0 Å². The molecule has 1 nitrogen and oxygen atoms in total. The molecule has 0 saturated heterocycles. The molecule has 0 heterocycles. The van der Waals surface area contributed by atoms with Crippen molar-refractivity contribution in [3.05, 3.63) is 34.9 Å². The Morgan fingerprint density at radius 1 is 1.31 bits per heavy atom. The van der Waals surface area contributed by atoms with E-state index in [1.54, 1.807) is 0 Å². The summed E-state index contributed by atoms with van der Waals surface area (Å²) in [6.45, 7) is 6.57. The maximum Gasteiger partial charge on any atom is 0.0459 e. The molecular weight excluding hydrogens is 160 g/mol. The average Bonchev–Trinajstić information content (AvgIpc) is 2.09. The van der Waals surface area contributed by atoms with Crippen molar-refractivity contribution in [1.82, 2.24) is 0 Å². The third-order valence-electron chi connectivity index (χ3n) is 2.38. The zero-order chi connectivity index (χ0) is 9.84. The number of hydrogen-bond acceptors (Lipinski definition) is 1. The van der Waals surface area contributed by atoms with Gasteiger partial charge in [0.2, 0.25) is 0 Å². The average molecular weight is 178 g/mol. The van der Waals surface area contributed by atoms with Crippen LogP contribution >= 0.6 is 0 Å². The molecule has 0 fully saturated rings. The van der Waals surface area contributed by atoms with Crippen molar-refractivity contribution in [2.45, 2.75) is 27.2 Å². The number of aliphatic hydroxyl groups excluding tert-OH is 1. The van der Waals surface area contributed by atoms with Crippen LogP contribution in [0.5, 0.6) is 0 Å². The molecule has 0 saturated carbocycles. The van der Waals surface area contributed by atoms with Gasteiger partial charge >= 0.3 is 0 Å². The zero-order valence-electron chi connectivity index (χ0n) is 8.67. The van der Waals surface area contributed by atoms with Gasteiger partial charge in [-0.15, -0.1) is 0 Å². The van der Waals surface area contributed by atoms with Gasteiger partial charge in [-0.25, -0.2) is 0 Å². The summed E-state index contributed by atoms with van der Waals surface area (Å²) in [5, 5.41) is 8.94. The maximum atomic E-state index is 8.94. The third-order valence-corrected chi connectivity index (χ3v) is 2.38. The molecule has 1 rings (SSSR count). The first-order chi connectivity index (χ1) is 6.13. The maximum absolute atomic E-state index is 8.94. The second-order valence-corrected chi connectivity index (χ2v) is 3.92. The summed E-state index contributed by atoms with van der Waals surface area (Å²) >= 11 is 0. The van der Waals surface area contributed by atoms with Crippen LogP contribution in [0.1, 0.15) is 23.6 Å². The molecular formula is C12H18O. The Labute approximate surface area is 80.4 Å². The van der Waals surface area contributed by atoms with Gasteiger partial charge in [-0.2, -0.15) is 0 Å². The van der Waals surface area contributed by atoms with Gasteiger partial charge in [-0.1, -0.05) is 30.7 Å². The molecule has 1 aromatic rings. The highest BCUT2D eigenvalue weighted by molar-refractivity contribution is 5.30. The molecule has 0 aliphatic carbocycles. The summed E-state index contributed by atoms with van der Waals surface area (Å²) in [7, 11) is 0. The van der Waals surface area contributed by atoms with Crippen molar-refractivity contribution < 1.29 is 5.11 Å². The van der Waals surface area contributed by atoms with Crippen molar-refractivity contribution in [1.29, 1.82) is 0 Å². The highest BCUT2D eigenvalue weighted by atomic mass is 16.3. The molecule has 0 radical (unpaired) electrons. The quantitative estimate of drug-likeness (QED) is 0.754. The van der Waals surface area contributed by atoms with Gasteiger partial charge in [0.1, 0.15) is 0 Å². The standard InChI is InChI=1S/C12H18O/c1-9-4-5-12(11(3)6-9)7-10(2)8-13/h4-6,10,13H,7-8H2,1-3H3/t10-/m1/s1. The van der Waals surface area contributed by atoms with Crippen LogP contribution in [0.2, 0.25) is 0 Å². The Balaban J connectivity index is 2.77. The van der Waals surface area contributed by atoms with Crippen molar-refractivity contribution in [2.75, 3.05) is 6.61 Å². The molecule has 1 aromatic carbocycles. The number of rotatable bonds is 3. The fraction of sp³-hybridized carbons (Fsp3) is 0.500. The number of aryl methyl sites for hydroxylation is 2. The molecule has 1 heteroatoms. The number of aliphatic hydroxyl groups is 1. The van der Waals surface area contributed by atoms with Crippen molar-refractivity contribution in [3.8, 4) is 0 Å². The summed E-state index contributed by atoms with van der Waals surface area (Å²) in [5.41, 5.74) is 3.99. The van der Waals surface area contributed by atoms with E-state index in [4.69, 9.17) is 5.11 Å². The highest BCUT2D eigenvalue weighted by Gasteiger charge is 2.04. The molecule has 0 unspecified atom stereocenters. The van der Waals surface area contributed by atoms with Crippen LogP contribution in [-0.4, -0.2) is 11.7 Å². The minimum Gasteiger partial charge on any atom is -0.396 e. The summed E-state index contributed by atoms with van der Waals surface area (Å²) in [6, 6.07) is 6.49. The van der Waals surface area contributed by atoms with E-state index in [9.17, 15) is 0 Å². The van der Waals surface area contributed by atoms with E-state index < -0.39 is 0 Å². The van der Waals surface area contributed by atoms with Gasteiger partial charge in [-0.3, -0.25) is 0 Å². The second-order valence-electron chi connectivity index (χ2n) is 3.92. The lowest BCUT2D eigenvalue weighted by atomic mass is 9.97. The minimum atomic E-state index is 0.271. The Hall–Kier alpha value is -0.820. The van der Waals surface area contributed by atoms with E-state index in [0.29, 0.717) is 5.92 Å². The van der Waals surface area contributed by atoms with Crippen molar-refractivity contribution >= 4 is 0 Å². The molecule has 1 atom stereocenters. The Kier molecular flexibility index (Phi) is 3.49. The van der Waals surface area contributed by atoms with Gasteiger partial charge in [0.05, 0.1) is 0 Å². The van der Waals surface area contributed by atoms with Crippen LogP contribution in [0, 0.1) is 19.8 Å². The Morgan fingerprint density at radius 2 is 2.00 bits per heavy atom. The van der Waals surface area contributed by atoms with Crippen LogP contribution in [0.15, 0.2) is 18.2 Å². The predicted molar refractivity (Wildman–Crippen MR) is 55.9 cm³/mol. The van der Waals surface area contributed by atoms with Crippen LogP contribution in [-0.2, 0) is 6.42 Å². The zero-order valence-corrected chi connectivity index (χ0v) is 8.67. The van der Waals surface area contributed by atoms with E-state index in [2.05, 4.69) is 39.0 Å². The van der Waals surface area contributed by atoms with Crippen molar-refractivity contribution in [3.63, 3.8) is 0 Å². The van der Waals surface area contributed by atoms with Crippen LogP contribution in [0.4, 0.5) is 0 Å². The SMILES string of the molecule is Cc1ccc(C[C@@H](C)CO)c(C)c1. The van der Waals surface area contributed by atoms with Crippen molar-refractivity contribution in [2.24, 2.45) is 5.92 Å². The van der Waals surface area contributed by atoms with Crippen LogP contribution in [0.25, 0.3) is 0 Å².